The minimum Gasteiger partial charge on any atom is -0.308 e. The maximum Gasteiger partial charge on any atom is 0.149 e. The zero-order valence-corrected chi connectivity index (χ0v) is 12.6. The van der Waals surface area contributed by atoms with Gasteiger partial charge in [-0.15, -0.1) is 0 Å². The van der Waals surface area contributed by atoms with Gasteiger partial charge in [0.05, 0.1) is 5.69 Å². The van der Waals surface area contributed by atoms with Gasteiger partial charge in [-0.25, -0.2) is 10.8 Å². The van der Waals surface area contributed by atoms with E-state index in [-0.39, 0.29) is 0 Å². The Bertz CT molecular complexity index is 568. The zero-order valence-electron chi connectivity index (χ0n) is 9.40. The van der Waals surface area contributed by atoms with Gasteiger partial charge in [0.1, 0.15) is 5.84 Å². The van der Waals surface area contributed by atoms with Crippen LogP contribution in [0, 0.1) is 0 Å². The van der Waals surface area contributed by atoms with Gasteiger partial charge in [-0.2, -0.15) is 0 Å². The molecule has 0 aliphatic rings. The largest absolute Gasteiger partial charge is 0.308 e. The highest BCUT2D eigenvalue weighted by molar-refractivity contribution is 9.11. The summed E-state index contributed by atoms with van der Waals surface area (Å²) in [7, 11) is 0. The van der Waals surface area contributed by atoms with E-state index in [1.54, 1.807) is 0 Å². The summed E-state index contributed by atoms with van der Waals surface area (Å²) in [5, 5.41) is 0. The summed E-state index contributed by atoms with van der Waals surface area (Å²) in [5.74, 6) is 6.16. The first-order valence-corrected chi connectivity index (χ1v) is 6.85. The van der Waals surface area contributed by atoms with Crippen LogP contribution in [0.1, 0.15) is 5.56 Å². The van der Waals surface area contributed by atoms with Crippen molar-refractivity contribution in [3.63, 3.8) is 0 Å². The maximum atomic E-state index is 5.55. The predicted octanol–water partition coefficient (Wildman–Crippen LogP) is 3.75. The smallest absolute Gasteiger partial charge is 0.149 e. The van der Waals surface area contributed by atoms with Crippen LogP contribution >= 0.6 is 31.9 Å². The first kappa shape index (κ1) is 13.3. The van der Waals surface area contributed by atoms with Crippen molar-refractivity contribution in [3.8, 4) is 0 Å². The number of hydrogen-bond acceptors (Lipinski definition) is 2. The van der Waals surface area contributed by atoms with Gasteiger partial charge in [-0.3, -0.25) is 0 Å². The first-order valence-electron chi connectivity index (χ1n) is 5.26. The lowest BCUT2D eigenvalue weighted by Gasteiger charge is -2.08. The maximum absolute atomic E-state index is 5.55. The van der Waals surface area contributed by atoms with Gasteiger partial charge < -0.3 is 5.43 Å². The van der Waals surface area contributed by atoms with Crippen molar-refractivity contribution < 1.29 is 0 Å². The molecule has 0 atom stereocenters. The number of aliphatic imine (C=N–C) groups is 1. The van der Waals surface area contributed by atoms with E-state index in [9.17, 15) is 0 Å². The van der Waals surface area contributed by atoms with E-state index in [2.05, 4.69) is 42.3 Å². The van der Waals surface area contributed by atoms with Gasteiger partial charge in [0.2, 0.25) is 0 Å². The molecule has 0 saturated carbocycles. The van der Waals surface area contributed by atoms with Crippen molar-refractivity contribution in [2.45, 2.75) is 0 Å². The molecular formula is C13H11Br2N3. The fourth-order valence-corrected chi connectivity index (χ4v) is 2.72. The fraction of sp³-hybridized carbons (Fsp3) is 0. The molecule has 0 bridgehead atoms. The number of nitrogens with one attached hydrogen (secondary N) is 1. The molecule has 0 amide bonds. The van der Waals surface area contributed by atoms with Crippen LogP contribution in [0.25, 0.3) is 0 Å². The molecule has 2 aromatic carbocycles. The Labute approximate surface area is 122 Å². The number of rotatable bonds is 2. The first-order chi connectivity index (χ1) is 8.70. The lowest BCUT2D eigenvalue weighted by atomic mass is 10.2. The zero-order chi connectivity index (χ0) is 13.0. The molecule has 92 valence electrons. The lowest BCUT2D eigenvalue weighted by molar-refractivity contribution is 1.02. The highest BCUT2D eigenvalue weighted by atomic mass is 79.9. The van der Waals surface area contributed by atoms with Crippen LogP contribution in [0.2, 0.25) is 0 Å². The molecule has 0 saturated heterocycles. The number of hydrazine groups is 1. The third-order valence-corrected chi connectivity index (χ3v) is 3.47. The molecule has 0 aromatic heterocycles. The van der Waals surface area contributed by atoms with E-state index in [4.69, 9.17) is 5.84 Å². The van der Waals surface area contributed by atoms with Crippen LogP contribution in [0.5, 0.6) is 0 Å². The Hall–Kier alpha value is -1.17. The van der Waals surface area contributed by atoms with Gasteiger partial charge in [0, 0.05) is 14.5 Å². The Morgan fingerprint density at radius 1 is 1.06 bits per heavy atom. The molecule has 0 heterocycles. The predicted molar refractivity (Wildman–Crippen MR) is 81.8 cm³/mol. The normalized spacial score (nSPS) is 11.4. The summed E-state index contributed by atoms with van der Waals surface area (Å²) in [6.45, 7) is 0. The highest BCUT2D eigenvalue weighted by Crippen LogP contribution is 2.23. The quantitative estimate of drug-likeness (QED) is 0.367. The summed E-state index contributed by atoms with van der Waals surface area (Å²) < 4.78 is 1.92. The van der Waals surface area contributed by atoms with Crippen molar-refractivity contribution in [3.05, 3.63) is 63.0 Å². The number of halogens is 2. The SMILES string of the molecule is NNC(=Nc1ccccc1)c1ccc(Br)cc1Br. The molecule has 3 N–H and O–H groups in total. The van der Waals surface area contributed by atoms with Crippen LogP contribution in [0.15, 0.2) is 62.5 Å². The second kappa shape index (κ2) is 6.13. The summed E-state index contributed by atoms with van der Waals surface area (Å²) in [6, 6.07) is 15.5. The molecule has 0 aliphatic carbocycles. The van der Waals surface area contributed by atoms with Gasteiger partial charge in [0.15, 0.2) is 0 Å². The van der Waals surface area contributed by atoms with Crippen LogP contribution in [0.3, 0.4) is 0 Å². The standard InChI is InChI=1S/C13H11Br2N3/c14-9-6-7-11(12(15)8-9)13(18-16)17-10-4-2-1-3-5-10/h1-8H,16H2,(H,17,18). The Morgan fingerprint density at radius 2 is 1.78 bits per heavy atom. The topological polar surface area (TPSA) is 50.4 Å². The molecule has 0 aliphatic heterocycles. The Kier molecular flexibility index (Phi) is 4.52. The Morgan fingerprint density at radius 3 is 2.39 bits per heavy atom. The van der Waals surface area contributed by atoms with E-state index >= 15 is 0 Å². The highest BCUT2D eigenvalue weighted by Gasteiger charge is 2.07. The number of nitrogens with two attached hydrogens (primary N) is 1. The van der Waals surface area contributed by atoms with Crippen LogP contribution in [-0.2, 0) is 0 Å². The summed E-state index contributed by atoms with van der Waals surface area (Å²) >= 11 is 6.91. The number of hydrogen-bond donors (Lipinski definition) is 2. The van der Waals surface area contributed by atoms with Crippen molar-refractivity contribution in [2.24, 2.45) is 10.8 Å². The molecule has 0 unspecified atom stereocenters. The average molecular weight is 369 g/mol. The minimum atomic E-state index is 0.612. The monoisotopic (exact) mass is 367 g/mol. The number of nitrogens with zero attached hydrogens (tertiary/aromatic N) is 1. The molecule has 18 heavy (non-hydrogen) atoms. The molecule has 2 rings (SSSR count). The number of benzene rings is 2. The van der Waals surface area contributed by atoms with Crippen LogP contribution in [-0.4, -0.2) is 5.84 Å². The third kappa shape index (κ3) is 3.19. The van der Waals surface area contributed by atoms with Crippen molar-refractivity contribution in [1.82, 2.24) is 5.43 Å². The van der Waals surface area contributed by atoms with Crippen LogP contribution in [0.4, 0.5) is 5.69 Å². The van der Waals surface area contributed by atoms with Gasteiger partial charge in [-0.05, 0) is 46.3 Å². The molecule has 5 heteroatoms. The van der Waals surface area contributed by atoms with Crippen molar-refractivity contribution in [1.29, 1.82) is 0 Å². The molecule has 0 spiro atoms. The minimum absolute atomic E-state index is 0.612. The molecule has 0 radical (unpaired) electrons. The number of amidine groups is 1. The second-order valence-electron chi connectivity index (χ2n) is 3.56. The van der Waals surface area contributed by atoms with E-state index in [0.29, 0.717) is 5.84 Å². The summed E-state index contributed by atoms with van der Waals surface area (Å²) in [4.78, 5) is 4.47. The van der Waals surface area contributed by atoms with Crippen LogP contribution < -0.4 is 11.3 Å². The second-order valence-corrected chi connectivity index (χ2v) is 5.33. The molecule has 2 aromatic rings. The fourth-order valence-electron chi connectivity index (χ4n) is 1.48. The lowest BCUT2D eigenvalue weighted by Crippen LogP contribution is -2.31. The molecular weight excluding hydrogens is 358 g/mol. The van der Waals surface area contributed by atoms with E-state index in [1.807, 2.05) is 48.5 Å². The van der Waals surface area contributed by atoms with Gasteiger partial charge in [-0.1, -0.05) is 34.1 Å². The Balaban J connectivity index is 2.42. The molecule has 0 fully saturated rings. The van der Waals surface area contributed by atoms with Crippen molar-refractivity contribution in [2.75, 3.05) is 0 Å². The summed E-state index contributed by atoms with van der Waals surface area (Å²) in [5.41, 5.74) is 4.39. The van der Waals surface area contributed by atoms with E-state index in [1.165, 1.54) is 0 Å². The van der Waals surface area contributed by atoms with Crippen molar-refractivity contribution >= 4 is 43.4 Å². The van der Waals surface area contributed by atoms with E-state index in [0.717, 1.165) is 20.2 Å². The third-order valence-electron chi connectivity index (χ3n) is 2.32. The average Bonchev–Trinajstić information content (AvgIpc) is 2.38. The van der Waals surface area contributed by atoms with Gasteiger partial charge in [0.25, 0.3) is 0 Å². The van der Waals surface area contributed by atoms with Gasteiger partial charge >= 0.3 is 0 Å². The molecule has 3 nitrogen and oxygen atoms in total. The number of para-hydroxylation sites is 1. The summed E-state index contributed by atoms with van der Waals surface area (Å²) in [6.07, 6.45) is 0. The van der Waals surface area contributed by atoms with E-state index < -0.39 is 0 Å².